The summed E-state index contributed by atoms with van der Waals surface area (Å²) in [6.45, 7) is 1.46. The van der Waals surface area contributed by atoms with E-state index < -0.39 is 22.3 Å². The van der Waals surface area contributed by atoms with E-state index in [1.165, 1.54) is 6.92 Å². The fraction of sp³-hybridized carbons (Fsp3) is 0.286. The van der Waals surface area contributed by atoms with Gasteiger partial charge < -0.3 is 4.74 Å². The fourth-order valence-corrected chi connectivity index (χ4v) is 1.21. The van der Waals surface area contributed by atoms with Gasteiger partial charge in [0, 0.05) is 0 Å². The summed E-state index contributed by atoms with van der Waals surface area (Å²) in [4.78, 5) is 28.1. The highest BCUT2D eigenvalue weighted by Crippen LogP contribution is 2.25. The Hall–Kier alpha value is -1.76. The number of hydrogen-bond donors (Lipinski definition) is 0. The zero-order valence-electron chi connectivity index (χ0n) is 7.85. The van der Waals surface area contributed by atoms with Gasteiger partial charge in [0.15, 0.2) is 0 Å². The Morgan fingerprint density at radius 3 is 2.60 bits per heavy atom. The summed E-state index contributed by atoms with van der Waals surface area (Å²) in [7, 11) is 1.09. The van der Waals surface area contributed by atoms with E-state index in [4.69, 9.17) is 11.6 Å². The molecule has 0 unspecified atom stereocenters. The molecular formula is C7H6ClN3O4. The van der Waals surface area contributed by atoms with Crippen molar-refractivity contribution in [3.63, 3.8) is 0 Å². The second-order valence-electron chi connectivity index (χ2n) is 2.51. The summed E-state index contributed by atoms with van der Waals surface area (Å²) in [5.74, 6) is -0.764. The predicted octanol–water partition coefficient (Wildman–Crippen LogP) is 1.13. The molecule has 0 saturated carbocycles. The molecule has 1 heterocycles. The van der Waals surface area contributed by atoms with Crippen LogP contribution in [0, 0.1) is 17.0 Å². The molecule has 0 fully saturated rings. The van der Waals surface area contributed by atoms with Crippen LogP contribution in [0.3, 0.4) is 0 Å². The molecule has 0 aliphatic rings. The zero-order valence-corrected chi connectivity index (χ0v) is 8.61. The minimum absolute atomic E-state index is 0.158. The van der Waals surface area contributed by atoms with E-state index in [1.807, 2.05) is 0 Å². The number of aryl methyl sites for hydroxylation is 1. The average Bonchev–Trinajstić information content (AvgIpc) is 2.14. The van der Waals surface area contributed by atoms with Crippen LogP contribution in [0.15, 0.2) is 0 Å². The molecule has 80 valence electrons. The highest BCUT2D eigenvalue weighted by molar-refractivity contribution is 6.32. The van der Waals surface area contributed by atoms with Crippen molar-refractivity contribution in [1.82, 2.24) is 9.97 Å². The smallest absolute Gasteiger partial charge is 0.364 e. The zero-order chi connectivity index (χ0) is 11.6. The van der Waals surface area contributed by atoms with Crippen molar-refractivity contribution in [3.8, 4) is 0 Å². The number of esters is 1. The van der Waals surface area contributed by atoms with E-state index >= 15 is 0 Å². The SMILES string of the molecule is COC(=O)c1nc(C)nc(Cl)c1[N+](=O)[O-]. The minimum atomic E-state index is -0.922. The Balaban J connectivity index is 3.46. The molecule has 0 saturated heterocycles. The number of ether oxygens (including phenoxy) is 1. The molecule has 0 aliphatic carbocycles. The van der Waals surface area contributed by atoms with Crippen LogP contribution in [0.2, 0.25) is 5.15 Å². The maximum absolute atomic E-state index is 11.2. The van der Waals surface area contributed by atoms with E-state index in [1.54, 1.807) is 0 Å². The topological polar surface area (TPSA) is 95.2 Å². The van der Waals surface area contributed by atoms with Gasteiger partial charge in [-0.25, -0.2) is 14.8 Å². The molecular weight excluding hydrogens is 226 g/mol. The Kier molecular flexibility index (Phi) is 3.15. The molecule has 0 atom stereocenters. The lowest BCUT2D eigenvalue weighted by molar-refractivity contribution is -0.385. The Bertz CT molecular complexity index is 434. The van der Waals surface area contributed by atoms with Crippen molar-refractivity contribution in [3.05, 3.63) is 26.8 Å². The monoisotopic (exact) mass is 231 g/mol. The van der Waals surface area contributed by atoms with Crippen LogP contribution in [0.25, 0.3) is 0 Å². The molecule has 0 aromatic carbocycles. The molecule has 0 bridgehead atoms. The fourth-order valence-electron chi connectivity index (χ4n) is 0.933. The van der Waals surface area contributed by atoms with Crippen molar-refractivity contribution in [1.29, 1.82) is 0 Å². The van der Waals surface area contributed by atoms with Gasteiger partial charge in [-0.15, -0.1) is 0 Å². The molecule has 0 aliphatic heterocycles. The summed E-state index contributed by atoms with van der Waals surface area (Å²) in [5.41, 5.74) is -1.09. The summed E-state index contributed by atoms with van der Waals surface area (Å²) < 4.78 is 4.34. The first-order chi connectivity index (χ1) is 6.97. The number of aromatic nitrogens is 2. The van der Waals surface area contributed by atoms with Gasteiger partial charge in [-0.2, -0.15) is 0 Å². The third-order valence-corrected chi connectivity index (χ3v) is 1.78. The third kappa shape index (κ3) is 2.18. The minimum Gasteiger partial charge on any atom is -0.464 e. The van der Waals surface area contributed by atoms with Gasteiger partial charge >= 0.3 is 11.7 Å². The van der Waals surface area contributed by atoms with Crippen LogP contribution in [0.1, 0.15) is 16.3 Å². The molecule has 0 N–H and O–H groups in total. The molecule has 1 rings (SSSR count). The van der Waals surface area contributed by atoms with Crippen molar-refractivity contribution in [2.45, 2.75) is 6.92 Å². The van der Waals surface area contributed by atoms with E-state index in [0.29, 0.717) is 0 Å². The summed E-state index contributed by atoms with van der Waals surface area (Å²) in [6, 6.07) is 0. The number of rotatable bonds is 2. The molecule has 1 aromatic rings. The van der Waals surface area contributed by atoms with Gasteiger partial charge in [0.2, 0.25) is 10.8 Å². The second kappa shape index (κ2) is 4.18. The number of nitro groups is 1. The lowest BCUT2D eigenvalue weighted by Gasteiger charge is -2.02. The van der Waals surface area contributed by atoms with Gasteiger partial charge in [-0.1, -0.05) is 11.6 Å². The highest BCUT2D eigenvalue weighted by Gasteiger charge is 2.28. The van der Waals surface area contributed by atoms with E-state index in [9.17, 15) is 14.9 Å². The van der Waals surface area contributed by atoms with E-state index in [0.717, 1.165) is 7.11 Å². The third-order valence-electron chi connectivity index (χ3n) is 1.51. The molecule has 0 spiro atoms. The lowest BCUT2D eigenvalue weighted by Crippen LogP contribution is -2.11. The summed E-state index contributed by atoms with van der Waals surface area (Å²) in [5, 5.41) is 10.2. The maximum atomic E-state index is 11.2. The summed E-state index contributed by atoms with van der Waals surface area (Å²) >= 11 is 5.53. The van der Waals surface area contributed by atoms with E-state index in [-0.39, 0.29) is 11.0 Å². The highest BCUT2D eigenvalue weighted by atomic mass is 35.5. The number of methoxy groups -OCH3 is 1. The first-order valence-corrected chi connectivity index (χ1v) is 4.12. The molecule has 0 radical (unpaired) electrons. The quantitative estimate of drug-likeness (QED) is 0.328. The van der Waals surface area contributed by atoms with Crippen LogP contribution < -0.4 is 0 Å². The van der Waals surface area contributed by atoms with Crippen LogP contribution in [0.4, 0.5) is 5.69 Å². The number of carbonyl (C=O) groups is 1. The van der Waals surface area contributed by atoms with Crippen molar-refractivity contribution in [2.24, 2.45) is 0 Å². The van der Waals surface area contributed by atoms with Crippen LogP contribution in [-0.4, -0.2) is 28.0 Å². The van der Waals surface area contributed by atoms with Gasteiger partial charge in [-0.3, -0.25) is 10.1 Å². The maximum Gasteiger partial charge on any atom is 0.364 e. The van der Waals surface area contributed by atoms with E-state index in [2.05, 4.69) is 14.7 Å². The second-order valence-corrected chi connectivity index (χ2v) is 2.87. The number of nitrogens with zero attached hydrogens (tertiary/aromatic N) is 3. The first-order valence-electron chi connectivity index (χ1n) is 3.74. The molecule has 7 nitrogen and oxygen atoms in total. The Morgan fingerprint density at radius 1 is 1.53 bits per heavy atom. The summed E-state index contributed by atoms with van der Waals surface area (Å²) in [6.07, 6.45) is 0. The normalized spacial score (nSPS) is 9.80. The van der Waals surface area contributed by atoms with Gasteiger partial charge in [0.05, 0.1) is 12.0 Å². The van der Waals surface area contributed by atoms with Gasteiger partial charge in [0.25, 0.3) is 0 Å². The average molecular weight is 232 g/mol. The van der Waals surface area contributed by atoms with Gasteiger partial charge in [0.1, 0.15) is 5.82 Å². The van der Waals surface area contributed by atoms with Crippen LogP contribution in [0.5, 0.6) is 0 Å². The molecule has 15 heavy (non-hydrogen) atoms. The molecule has 1 aromatic heterocycles. The predicted molar refractivity (Wildman–Crippen MR) is 49.8 cm³/mol. The Morgan fingerprint density at radius 2 is 2.13 bits per heavy atom. The van der Waals surface area contributed by atoms with Crippen molar-refractivity contribution >= 4 is 23.3 Å². The standard InChI is InChI=1S/C7H6ClN3O4/c1-3-9-4(7(12)15-2)5(11(13)14)6(8)10-3/h1-2H3. The van der Waals surface area contributed by atoms with Gasteiger partial charge in [-0.05, 0) is 6.92 Å². The Labute approximate surface area is 89.2 Å². The number of hydrogen-bond acceptors (Lipinski definition) is 6. The number of carbonyl (C=O) groups excluding carboxylic acids is 1. The van der Waals surface area contributed by atoms with Crippen molar-refractivity contribution < 1.29 is 14.5 Å². The largest absolute Gasteiger partial charge is 0.464 e. The lowest BCUT2D eigenvalue weighted by atomic mass is 10.3. The molecule has 8 heteroatoms. The first kappa shape index (κ1) is 11.3. The van der Waals surface area contributed by atoms with Crippen molar-refractivity contribution in [2.75, 3.05) is 7.11 Å². The van der Waals surface area contributed by atoms with Crippen LogP contribution >= 0.6 is 11.6 Å². The van der Waals surface area contributed by atoms with Crippen LogP contribution in [-0.2, 0) is 4.74 Å². The molecule has 0 amide bonds. The number of halogens is 1.